The van der Waals surface area contributed by atoms with Crippen LogP contribution in [-0.2, 0) is 0 Å². The molecule has 1 saturated heterocycles. The summed E-state index contributed by atoms with van der Waals surface area (Å²) < 4.78 is 0.294. The number of carbonyl (C=O) groups excluding carboxylic acids is 1. The second-order valence-corrected chi connectivity index (χ2v) is 4.32. The van der Waals surface area contributed by atoms with Gasteiger partial charge in [0.05, 0.1) is 7.05 Å². The van der Waals surface area contributed by atoms with Crippen molar-refractivity contribution in [2.24, 2.45) is 10.9 Å². The number of aliphatic hydroxyl groups excluding tert-OH is 1. The normalized spacial score (nSPS) is 49.5. The van der Waals surface area contributed by atoms with E-state index in [4.69, 9.17) is 0 Å². The van der Waals surface area contributed by atoms with E-state index in [1.807, 2.05) is 14.0 Å². The van der Waals surface area contributed by atoms with E-state index < -0.39 is 0 Å². The summed E-state index contributed by atoms with van der Waals surface area (Å²) in [6, 6.07) is -0.0316. The van der Waals surface area contributed by atoms with Crippen LogP contribution in [0.25, 0.3) is 0 Å². The molecule has 13 heavy (non-hydrogen) atoms. The van der Waals surface area contributed by atoms with Gasteiger partial charge in [-0.05, 0) is 12.3 Å². The molecule has 0 saturated carbocycles. The zero-order chi connectivity index (χ0) is 9.64. The lowest BCUT2D eigenvalue weighted by atomic mass is 9.98. The molecule has 1 fully saturated rings. The van der Waals surface area contributed by atoms with Crippen LogP contribution in [0.1, 0.15) is 13.3 Å². The quantitative estimate of drug-likeness (QED) is 0.436. The van der Waals surface area contributed by atoms with Crippen LogP contribution in [0, 0.1) is 5.92 Å². The number of carbonyl (C=O) groups is 1. The van der Waals surface area contributed by atoms with Gasteiger partial charge in [-0.15, -0.1) is 0 Å². The van der Waals surface area contributed by atoms with Crippen molar-refractivity contribution in [1.29, 1.82) is 0 Å². The van der Waals surface area contributed by atoms with E-state index in [2.05, 4.69) is 4.99 Å². The first-order valence-corrected chi connectivity index (χ1v) is 4.66. The Morgan fingerprint density at radius 1 is 1.69 bits per heavy atom. The van der Waals surface area contributed by atoms with E-state index in [0.717, 1.165) is 6.54 Å². The van der Waals surface area contributed by atoms with Gasteiger partial charge in [-0.1, -0.05) is 6.92 Å². The standard InChI is InChI=1S/C9H15N2O2/c1-6-3-4-10-9(13)11(2)5-7(11)8(6)12/h4,6-8,12H,3,5H2,1-2H3/q+1. The van der Waals surface area contributed by atoms with E-state index >= 15 is 0 Å². The molecule has 0 bridgehead atoms. The van der Waals surface area contributed by atoms with Gasteiger partial charge in [-0.3, -0.25) is 0 Å². The summed E-state index contributed by atoms with van der Waals surface area (Å²) >= 11 is 0. The Morgan fingerprint density at radius 2 is 2.38 bits per heavy atom. The summed E-state index contributed by atoms with van der Waals surface area (Å²) in [7, 11) is 1.84. The van der Waals surface area contributed by atoms with Crippen LogP contribution >= 0.6 is 0 Å². The fourth-order valence-electron chi connectivity index (χ4n) is 1.95. The van der Waals surface area contributed by atoms with Crippen LogP contribution in [-0.4, -0.2) is 47.6 Å². The molecular weight excluding hydrogens is 168 g/mol. The molecule has 4 unspecified atom stereocenters. The minimum Gasteiger partial charge on any atom is -0.386 e. The van der Waals surface area contributed by atoms with Crippen molar-refractivity contribution >= 4 is 12.2 Å². The number of amides is 2. The number of likely N-dealkylation sites (N-methyl/N-ethyl adjacent to an activating group) is 1. The van der Waals surface area contributed by atoms with Crippen LogP contribution in [0.2, 0.25) is 0 Å². The highest BCUT2D eigenvalue weighted by atomic mass is 16.3. The average Bonchev–Trinajstić information content (AvgIpc) is 2.76. The van der Waals surface area contributed by atoms with Gasteiger partial charge < -0.3 is 5.11 Å². The molecule has 4 atom stereocenters. The Bertz CT molecular complexity index is 277. The van der Waals surface area contributed by atoms with Crippen molar-refractivity contribution in [1.82, 2.24) is 0 Å². The summed E-state index contributed by atoms with van der Waals surface area (Å²) in [4.78, 5) is 15.3. The number of nitrogens with zero attached hydrogens (tertiary/aromatic N) is 2. The summed E-state index contributed by atoms with van der Waals surface area (Å²) in [5, 5.41) is 9.85. The maximum atomic E-state index is 11.4. The smallest absolute Gasteiger partial charge is 0.386 e. The van der Waals surface area contributed by atoms with E-state index in [0.29, 0.717) is 10.9 Å². The van der Waals surface area contributed by atoms with E-state index in [9.17, 15) is 9.90 Å². The molecule has 0 spiro atoms. The molecule has 1 N–H and O–H groups in total. The number of hydrogen-bond acceptors (Lipinski definition) is 2. The number of aliphatic imine (C=N–C) groups is 1. The van der Waals surface area contributed by atoms with Gasteiger partial charge in [0.25, 0.3) is 0 Å². The van der Waals surface area contributed by atoms with Gasteiger partial charge in [-0.25, -0.2) is 9.28 Å². The zero-order valence-corrected chi connectivity index (χ0v) is 7.97. The highest BCUT2D eigenvalue weighted by Crippen LogP contribution is 2.36. The van der Waals surface area contributed by atoms with Crippen molar-refractivity contribution in [2.45, 2.75) is 25.5 Å². The Morgan fingerprint density at radius 3 is 3.08 bits per heavy atom. The van der Waals surface area contributed by atoms with Gasteiger partial charge >= 0.3 is 6.03 Å². The molecule has 0 aromatic heterocycles. The van der Waals surface area contributed by atoms with Crippen molar-refractivity contribution in [3.8, 4) is 0 Å². The molecule has 2 rings (SSSR count). The number of aliphatic hydroxyl groups is 1. The van der Waals surface area contributed by atoms with E-state index in [1.54, 1.807) is 6.21 Å². The van der Waals surface area contributed by atoms with Crippen LogP contribution < -0.4 is 0 Å². The Hall–Kier alpha value is -0.740. The predicted molar refractivity (Wildman–Crippen MR) is 48.5 cm³/mol. The predicted octanol–water partition coefficient (Wildman–Crippen LogP) is 0.407. The summed E-state index contributed by atoms with van der Waals surface area (Å²) in [6.45, 7) is 2.73. The monoisotopic (exact) mass is 183 g/mol. The largest absolute Gasteiger partial charge is 0.442 e. The minimum absolute atomic E-state index is 0.0833. The molecule has 4 nitrogen and oxygen atoms in total. The Kier molecular flexibility index (Phi) is 1.78. The molecule has 2 amide bonds. The number of quaternary nitrogens is 1. The molecule has 4 heteroatoms. The molecule has 0 radical (unpaired) electrons. The maximum Gasteiger partial charge on any atom is 0.442 e. The molecular formula is C9H15N2O2+. The SMILES string of the molecule is CC1CC=NC(=O)[N+]2(C)CC2C1O. The number of fused-ring (bicyclic) bond motifs is 1. The lowest BCUT2D eigenvalue weighted by molar-refractivity contribution is -0.706. The highest BCUT2D eigenvalue weighted by molar-refractivity contribution is 5.80. The third-order valence-electron chi connectivity index (χ3n) is 3.26. The molecule has 2 heterocycles. The fraction of sp³-hybridized carbons (Fsp3) is 0.778. The third kappa shape index (κ3) is 1.21. The second-order valence-electron chi connectivity index (χ2n) is 4.32. The van der Waals surface area contributed by atoms with Crippen LogP contribution in [0.15, 0.2) is 4.99 Å². The first-order valence-electron chi connectivity index (χ1n) is 4.66. The van der Waals surface area contributed by atoms with Crippen LogP contribution in [0.4, 0.5) is 4.79 Å². The first-order chi connectivity index (χ1) is 6.05. The second kappa shape index (κ2) is 2.62. The lowest BCUT2D eigenvalue weighted by Gasteiger charge is -2.19. The number of rotatable bonds is 0. The Labute approximate surface area is 77.5 Å². The first kappa shape index (κ1) is 8.84. The van der Waals surface area contributed by atoms with Gasteiger partial charge in [0.15, 0.2) is 6.04 Å². The average molecular weight is 183 g/mol. The van der Waals surface area contributed by atoms with Gasteiger partial charge in [0.1, 0.15) is 12.6 Å². The Balaban J connectivity index is 2.25. The number of hydrogen-bond donors (Lipinski definition) is 1. The maximum absolute atomic E-state index is 11.4. The van der Waals surface area contributed by atoms with Crippen molar-refractivity contribution in [3.63, 3.8) is 0 Å². The van der Waals surface area contributed by atoms with Gasteiger partial charge in [0.2, 0.25) is 0 Å². The molecule has 72 valence electrons. The zero-order valence-electron chi connectivity index (χ0n) is 7.97. The topological polar surface area (TPSA) is 49.7 Å². The van der Waals surface area contributed by atoms with Crippen molar-refractivity contribution < 1.29 is 14.4 Å². The molecule has 0 aliphatic carbocycles. The van der Waals surface area contributed by atoms with Crippen molar-refractivity contribution in [3.05, 3.63) is 0 Å². The molecule has 2 aliphatic rings. The minimum atomic E-state index is -0.360. The van der Waals surface area contributed by atoms with Gasteiger partial charge in [-0.2, -0.15) is 4.99 Å². The van der Waals surface area contributed by atoms with E-state index in [1.165, 1.54) is 0 Å². The summed E-state index contributed by atoms with van der Waals surface area (Å²) in [5.41, 5.74) is 0. The summed E-state index contributed by atoms with van der Waals surface area (Å²) in [6.07, 6.45) is 1.97. The van der Waals surface area contributed by atoms with Gasteiger partial charge in [0, 0.05) is 6.21 Å². The third-order valence-corrected chi connectivity index (χ3v) is 3.26. The van der Waals surface area contributed by atoms with Crippen LogP contribution in [0.3, 0.4) is 0 Å². The summed E-state index contributed by atoms with van der Waals surface area (Å²) in [5.74, 6) is 0.210. The molecule has 2 aliphatic heterocycles. The van der Waals surface area contributed by atoms with Crippen molar-refractivity contribution in [2.75, 3.05) is 13.6 Å². The van der Waals surface area contributed by atoms with Crippen LogP contribution in [0.5, 0.6) is 0 Å². The lowest BCUT2D eigenvalue weighted by Crippen LogP contribution is -2.38. The number of urea groups is 1. The highest BCUT2D eigenvalue weighted by Gasteiger charge is 2.62. The fourth-order valence-corrected chi connectivity index (χ4v) is 1.95. The molecule has 0 aromatic rings. The van der Waals surface area contributed by atoms with E-state index in [-0.39, 0.29) is 24.1 Å². The molecule has 0 aromatic carbocycles.